The van der Waals surface area contributed by atoms with E-state index in [1.54, 1.807) is 13.8 Å². The van der Waals surface area contributed by atoms with Crippen LogP contribution in [0.4, 0.5) is 24.5 Å². The van der Waals surface area contributed by atoms with Gasteiger partial charge in [0.05, 0.1) is 5.56 Å². The Labute approximate surface area is 104 Å². The number of nitrogen functional groups attached to an aromatic ring is 1. The van der Waals surface area contributed by atoms with Gasteiger partial charge in [-0.05, 0) is 38.5 Å². The highest BCUT2D eigenvalue weighted by Crippen LogP contribution is 2.35. The second kappa shape index (κ2) is 5.06. The van der Waals surface area contributed by atoms with Crippen LogP contribution in [-0.2, 0) is 6.18 Å². The van der Waals surface area contributed by atoms with Crippen LogP contribution in [-0.4, -0.2) is 17.3 Å². The summed E-state index contributed by atoms with van der Waals surface area (Å²) in [4.78, 5) is 0. The van der Waals surface area contributed by atoms with Gasteiger partial charge >= 0.3 is 6.18 Å². The zero-order valence-electron chi connectivity index (χ0n) is 10.3. The molecule has 1 aromatic rings. The average Bonchev–Trinajstić information content (AvgIpc) is 2.18. The smallest absolute Gasteiger partial charge is 0.398 e. The SMILES string of the molecule is CC(C)(CCO)Nc1ccc(N)c(C(F)(F)F)c1. The van der Waals surface area contributed by atoms with Crippen molar-refractivity contribution in [1.82, 2.24) is 0 Å². The van der Waals surface area contributed by atoms with Crippen molar-refractivity contribution in [3.8, 4) is 0 Å². The van der Waals surface area contributed by atoms with Gasteiger partial charge in [0.15, 0.2) is 0 Å². The first kappa shape index (κ1) is 14.6. The molecule has 1 rings (SSSR count). The molecule has 6 heteroatoms. The van der Waals surface area contributed by atoms with Crippen molar-refractivity contribution in [1.29, 1.82) is 0 Å². The molecule has 0 aliphatic rings. The molecule has 0 heterocycles. The molecule has 0 aliphatic carbocycles. The van der Waals surface area contributed by atoms with Crippen LogP contribution in [0.1, 0.15) is 25.8 Å². The highest BCUT2D eigenvalue weighted by atomic mass is 19.4. The van der Waals surface area contributed by atoms with Gasteiger partial charge in [0.1, 0.15) is 0 Å². The quantitative estimate of drug-likeness (QED) is 0.731. The number of hydrogen-bond acceptors (Lipinski definition) is 3. The molecule has 1 aromatic carbocycles. The summed E-state index contributed by atoms with van der Waals surface area (Å²) in [6, 6.07) is 3.69. The van der Waals surface area contributed by atoms with E-state index in [9.17, 15) is 13.2 Å². The van der Waals surface area contributed by atoms with Gasteiger partial charge in [-0.15, -0.1) is 0 Å². The van der Waals surface area contributed by atoms with Crippen LogP contribution in [0.15, 0.2) is 18.2 Å². The summed E-state index contributed by atoms with van der Waals surface area (Å²) in [6.07, 6.45) is -4.04. The van der Waals surface area contributed by atoms with E-state index in [0.717, 1.165) is 6.07 Å². The summed E-state index contributed by atoms with van der Waals surface area (Å²) in [5, 5.41) is 11.8. The maximum absolute atomic E-state index is 12.7. The lowest BCUT2D eigenvalue weighted by molar-refractivity contribution is -0.136. The van der Waals surface area contributed by atoms with E-state index in [-0.39, 0.29) is 12.3 Å². The maximum Gasteiger partial charge on any atom is 0.418 e. The Bertz CT molecular complexity index is 416. The first-order valence-electron chi connectivity index (χ1n) is 5.51. The fourth-order valence-electron chi connectivity index (χ4n) is 1.61. The van der Waals surface area contributed by atoms with Crippen molar-refractivity contribution < 1.29 is 18.3 Å². The lowest BCUT2D eigenvalue weighted by atomic mass is 10.0. The van der Waals surface area contributed by atoms with Crippen LogP contribution in [0.25, 0.3) is 0 Å². The molecule has 0 saturated carbocycles. The predicted molar refractivity (Wildman–Crippen MR) is 65.3 cm³/mol. The van der Waals surface area contributed by atoms with Gasteiger partial charge in [-0.25, -0.2) is 0 Å². The summed E-state index contributed by atoms with van der Waals surface area (Å²) >= 11 is 0. The van der Waals surface area contributed by atoms with Crippen LogP contribution in [0.5, 0.6) is 0 Å². The molecule has 0 amide bonds. The maximum atomic E-state index is 12.7. The number of rotatable bonds is 4. The van der Waals surface area contributed by atoms with Crippen LogP contribution >= 0.6 is 0 Å². The normalized spacial score (nSPS) is 12.6. The zero-order chi connectivity index (χ0) is 14.0. The molecule has 3 nitrogen and oxygen atoms in total. The number of anilines is 2. The summed E-state index contributed by atoms with van der Waals surface area (Å²) in [6.45, 7) is 3.56. The Balaban J connectivity index is 2.99. The molecule has 0 fully saturated rings. The van der Waals surface area contributed by atoms with Crippen LogP contribution in [0, 0.1) is 0 Å². The molecular formula is C12H17F3N2O. The largest absolute Gasteiger partial charge is 0.418 e. The Morgan fingerprint density at radius 2 is 1.89 bits per heavy atom. The third-order valence-corrected chi connectivity index (χ3v) is 2.58. The number of aliphatic hydroxyl groups is 1. The van der Waals surface area contributed by atoms with E-state index in [4.69, 9.17) is 10.8 Å². The lowest BCUT2D eigenvalue weighted by Gasteiger charge is -2.27. The van der Waals surface area contributed by atoms with E-state index in [1.807, 2.05) is 0 Å². The highest BCUT2D eigenvalue weighted by molar-refractivity contribution is 5.59. The highest BCUT2D eigenvalue weighted by Gasteiger charge is 2.33. The standard InChI is InChI=1S/C12H17F3N2O/c1-11(2,5-6-18)17-8-3-4-10(16)9(7-8)12(13,14)15/h3-4,7,17-18H,5-6,16H2,1-2H3. The molecule has 0 spiro atoms. The summed E-state index contributed by atoms with van der Waals surface area (Å²) < 4.78 is 38.0. The van der Waals surface area contributed by atoms with Crippen molar-refractivity contribution in [2.75, 3.05) is 17.7 Å². The van der Waals surface area contributed by atoms with Gasteiger partial charge < -0.3 is 16.2 Å². The van der Waals surface area contributed by atoms with Crippen molar-refractivity contribution in [3.63, 3.8) is 0 Å². The van der Waals surface area contributed by atoms with E-state index < -0.39 is 17.3 Å². The number of hydrogen-bond donors (Lipinski definition) is 3. The minimum absolute atomic E-state index is 0.0406. The fourth-order valence-corrected chi connectivity index (χ4v) is 1.61. The van der Waals surface area contributed by atoms with Gasteiger partial charge in [-0.1, -0.05) is 0 Å². The second-order valence-corrected chi connectivity index (χ2v) is 4.78. The minimum Gasteiger partial charge on any atom is -0.398 e. The summed E-state index contributed by atoms with van der Waals surface area (Å²) in [5.74, 6) is 0. The lowest BCUT2D eigenvalue weighted by Crippen LogP contribution is -2.32. The van der Waals surface area contributed by atoms with Crippen LogP contribution in [0.3, 0.4) is 0 Å². The molecule has 0 bridgehead atoms. The van der Waals surface area contributed by atoms with Gasteiger partial charge in [-0.2, -0.15) is 13.2 Å². The van der Waals surface area contributed by atoms with Crippen molar-refractivity contribution >= 4 is 11.4 Å². The number of nitrogens with one attached hydrogen (secondary N) is 1. The van der Waals surface area contributed by atoms with Crippen LogP contribution in [0.2, 0.25) is 0 Å². The van der Waals surface area contributed by atoms with E-state index in [1.165, 1.54) is 12.1 Å². The Hall–Kier alpha value is -1.43. The summed E-state index contributed by atoms with van der Waals surface area (Å²) in [5.41, 5.74) is 3.99. The number of nitrogens with two attached hydrogens (primary N) is 1. The molecule has 0 atom stereocenters. The molecular weight excluding hydrogens is 245 g/mol. The molecule has 4 N–H and O–H groups in total. The average molecular weight is 262 g/mol. The first-order chi connectivity index (χ1) is 8.15. The Morgan fingerprint density at radius 3 is 2.39 bits per heavy atom. The minimum atomic E-state index is -4.47. The second-order valence-electron chi connectivity index (χ2n) is 4.78. The van der Waals surface area contributed by atoms with Crippen molar-refractivity contribution in [3.05, 3.63) is 23.8 Å². The fraction of sp³-hybridized carbons (Fsp3) is 0.500. The number of aliphatic hydroxyl groups excluding tert-OH is 1. The number of halogens is 3. The molecule has 0 aliphatic heterocycles. The van der Waals surface area contributed by atoms with Crippen molar-refractivity contribution in [2.24, 2.45) is 0 Å². The van der Waals surface area contributed by atoms with Gasteiger partial charge in [-0.3, -0.25) is 0 Å². The topological polar surface area (TPSA) is 58.3 Å². The number of alkyl halides is 3. The third kappa shape index (κ3) is 3.80. The Kier molecular flexibility index (Phi) is 4.11. The molecule has 102 valence electrons. The molecule has 18 heavy (non-hydrogen) atoms. The van der Waals surface area contributed by atoms with Gasteiger partial charge in [0.2, 0.25) is 0 Å². The Morgan fingerprint density at radius 1 is 1.28 bits per heavy atom. The number of benzene rings is 1. The van der Waals surface area contributed by atoms with E-state index in [2.05, 4.69) is 5.32 Å². The predicted octanol–water partition coefficient (Wildman–Crippen LogP) is 2.86. The van der Waals surface area contributed by atoms with E-state index >= 15 is 0 Å². The zero-order valence-corrected chi connectivity index (χ0v) is 10.3. The molecule has 0 radical (unpaired) electrons. The van der Waals surface area contributed by atoms with Crippen LogP contribution < -0.4 is 11.1 Å². The van der Waals surface area contributed by atoms with Crippen molar-refractivity contribution in [2.45, 2.75) is 32.0 Å². The summed E-state index contributed by atoms with van der Waals surface area (Å²) in [7, 11) is 0. The molecule has 0 saturated heterocycles. The monoisotopic (exact) mass is 262 g/mol. The first-order valence-corrected chi connectivity index (χ1v) is 5.51. The molecule has 0 aromatic heterocycles. The molecule has 0 unspecified atom stereocenters. The van der Waals surface area contributed by atoms with Gasteiger partial charge in [0, 0.05) is 23.5 Å². The third-order valence-electron chi connectivity index (χ3n) is 2.58. The van der Waals surface area contributed by atoms with Gasteiger partial charge in [0.25, 0.3) is 0 Å². The van der Waals surface area contributed by atoms with E-state index in [0.29, 0.717) is 12.1 Å².